The molecule has 14 rings (SSSR count). The molecule has 0 fully saturated rings. The van der Waals surface area contributed by atoms with Gasteiger partial charge in [0.2, 0.25) is 0 Å². The van der Waals surface area contributed by atoms with Crippen molar-refractivity contribution in [3.05, 3.63) is 433 Å². The zero-order valence-corrected chi connectivity index (χ0v) is 73.6. The fraction of sp³-hybridized carbons (Fsp3) is 0.318. The summed E-state index contributed by atoms with van der Waals surface area (Å²) in [4.78, 5) is 12.4. The van der Waals surface area contributed by atoms with E-state index in [1.807, 2.05) is 520 Å². The van der Waals surface area contributed by atoms with Crippen LogP contribution >= 0.6 is 0 Å². The molecule has 0 spiro atoms. The number of carbonyl (C=O) groups excluding carboxylic acids is 1. The van der Waals surface area contributed by atoms with Crippen molar-refractivity contribution in [1.29, 1.82) is 0 Å². The molecule has 0 N–H and O–H groups in total. The molecule has 0 aromatic heterocycles. The van der Waals surface area contributed by atoms with Gasteiger partial charge in [-0.3, -0.25) is 0 Å². The number of hydrogen-bond donors (Lipinski definition) is 0. The first kappa shape index (κ1) is 117. The fourth-order valence-corrected chi connectivity index (χ4v) is 9.54. The van der Waals surface area contributed by atoms with E-state index in [1.54, 1.807) is 0 Å². The molecular formula is C107H158O2. The van der Waals surface area contributed by atoms with Crippen molar-refractivity contribution < 1.29 is 9.53 Å². The van der Waals surface area contributed by atoms with Gasteiger partial charge < -0.3 is 4.74 Å². The predicted octanol–water partition coefficient (Wildman–Crippen LogP) is 34.6. The Bertz CT molecular complexity index is 2880. The lowest BCUT2D eigenvalue weighted by Crippen LogP contribution is -2.29. The number of benzene rings is 12. The van der Waals surface area contributed by atoms with E-state index in [0.29, 0.717) is 5.56 Å². The summed E-state index contributed by atoms with van der Waals surface area (Å²) in [6.45, 7) is 59.1. The van der Waals surface area contributed by atoms with E-state index in [-0.39, 0.29) is 24.2 Å². The van der Waals surface area contributed by atoms with Crippen molar-refractivity contribution >= 4 is 5.97 Å². The number of cyclic esters (lactones) is 1. The topological polar surface area (TPSA) is 26.3 Å². The van der Waals surface area contributed by atoms with E-state index >= 15 is 0 Å². The summed E-state index contributed by atoms with van der Waals surface area (Å²) in [5.74, 6) is -0.275. The summed E-state index contributed by atoms with van der Waals surface area (Å²) in [6, 6.07) is 131. The van der Waals surface area contributed by atoms with Gasteiger partial charge in [-0.2, -0.15) is 0 Å². The normalized spacial score (nSPS) is 11.0. The SMILES string of the molecule is C.CC.CC.CC.CC.CC.CC.CC.CC.CC.CC.CC.CC.CC.CC1(C)CC(C)(c2ccccc2)c2ccccc21.O=C1OC(c2ccccc2)(c2ccccc2)c2ccccc21.c1ccccc1.c1ccccc1.c1ccccc1.c1ccccc1.c1ccccc1.c1ccccc1.c1ccccc1. The summed E-state index contributed by atoms with van der Waals surface area (Å²) in [6.07, 6.45) is 1.18. The Kier molecular flexibility index (Phi) is 102. The standard InChI is InChI=1S/C20H14O2.C18H20.7C6H6.13C2H6.CH4/c21-19-17-13-7-8-14-18(17)20(22-19,15-9-3-1-4-10-15)16-11-5-2-6-12-16;1-17(2)13-18(3,14-9-5-4-6-10-14)16-12-8-7-11-15(16)17;7*1-2-4-6-5-3-1;13*1-2;/h1-14H;4-12H,13H2,1-3H3;7*1-6H;13*1-2H3;1H4. The second-order valence-electron chi connectivity index (χ2n) is 19.7. The Labute approximate surface area is 675 Å². The van der Waals surface area contributed by atoms with Gasteiger partial charge in [0.05, 0.1) is 5.56 Å². The number of rotatable bonds is 3. The first-order chi connectivity index (χ1) is 53.4. The molecule has 12 aromatic rings. The summed E-state index contributed by atoms with van der Waals surface area (Å²) in [7, 11) is 0. The molecule has 598 valence electrons. The molecular weight excluding hydrogens is 1320 g/mol. The van der Waals surface area contributed by atoms with E-state index in [9.17, 15) is 4.79 Å². The predicted molar refractivity (Wildman–Crippen MR) is 501 cm³/mol. The van der Waals surface area contributed by atoms with E-state index in [1.165, 1.54) is 23.1 Å². The van der Waals surface area contributed by atoms with Crippen LogP contribution < -0.4 is 0 Å². The molecule has 109 heavy (non-hydrogen) atoms. The van der Waals surface area contributed by atoms with Crippen LogP contribution in [0.15, 0.2) is 394 Å². The third kappa shape index (κ3) is 54.4. The molecule has 1 heterocycles. The highest BCUT2D eigenvalue weighted by Crippen LogP contribution is 2.52. The van der Waals surface area contributed by atoms with Gasteiger partial charge in [0.25, 0.3) is 0 Å². The maximum Gasteiger partial charge on any atom is 0.340 e. The zero-order valence-electron chi connectivity index (χ0n) is 73.6. The molecule has 2 aliphatic rings. The summed E-state index contributed by atoms with van der Waals surface area (Å²) in [5, 5.41) is 0. The molecule has 0 saturated carbocycles. The summed E-state index contributed by atoms with van der Waals surface area (Å²) in [5.41, 5.74) is 7.45. The highest BCUT2D eigenvalue weighted by Gasteiger charge is 2.48. The van der Waals surface area contributed by atoms with E-state index in [4.69, 9.17) is 4.74 Å². The van der Waals surface area contributed by atoms with Crippen LogP contribution in [0.4, 0.5) is 0 Å². The minimum atomic E-state index is -0.865. The maximum absolute atomic E-state index is 12.4. The minimum absolute atomic E-state index is 0. The summed E-state index contributed by atoms with van der Waals surface area (Å²) < 4.78 is 5.95. The van der Waals surface area contributed by atoms with Crippen LogP contribution in [0.5, 0.6) is 0 Å². The number of carbonyl (C=O) groups is 1. The average molecular weight is 1480 g/mol. The van der Waals surface area contributed by atoms with Crippen molar-refractivity contribution in [1.82, 2.24) is 0 Å². The monoisotopic (exact) mass is 1480 g/mol. The van der Waals surface area contributed by atoms with Gasteiger partial charge in [0, 0.05) is 22.1 Å². The molecule has 12 aromatic carbocycles. The largest absolute Gasteiger partial charge is 0.441 e. The molecule has 0 radical (unpaired) electrons. The highest BCUT2D eigenvalue weighted by atomic mass is 16.6. The third-order valence-electron chi connectivity index (χ3n) is 13.3. The van der Waals surface area contributed by atoms with Crippen LogP contribution in [0.2, 0.25) is 0 Å². The fourth-order valence-electron chi connectivity index (χ4n) is 9.54. The average Bonchev–Trinajstić information content (AvgIpc) is 1.60. The highest BCUT2D eigenvalue weighted by molar-refractivity contribution is 5.96. The molecule has 1 unspecified atom stereocenters. The smallest absolute Gasteiger partial charge is 0.340 e. The minimum Gasteiger partial charge on any atom is -0.441 e. The first-order valence-electron chi connectivity index (χ1n) is 41.0. The Hall–Kier alpha value is -9.89. The number of esters is 1. The second-order valence-corrected chi connectivity index (χ2v) is 19.7. The van der Waals surface area contributed by atoms with Crippen LogP contribution in [0.3, 0.4) is 0 Å². The number of ether oxygens (including phenoxy) is 1. The maximum atomic E-state index is 12.4. The van der Waals surface area contributed by atoms with Gasteiger partial charge in [0.15, 0.2) is 5.60 Å². The van der Waals surface area contributed by atoms with Crippen molar-refractivity contribution in [3.63, 3.8) is 0 Å². The molecule has 1 aliphatic heterocycles. The molecule has 1 atom stereocenters. The lowest BCUT2D eigenvalue weighted by atomic mass is 9.75. The van der Waals surface area contributed by atoms with Crippen molar-refractivity contribution in [2.24, 2.45) is 0 Å². The van der Waals surface area contributed by atoms with E-state index in [0.717, 1.165) is 16.7 Å². The van der Waals surface area contributed by atoms with Crippen molar-refractivity contribution in [3.8, 4) is 0 Å². The zero-order chi connectivity index (χ0) is 83.5. The number of fused-ring (bicyclic) bond motifs is 2. The van der Waals surface area contributed by atoms with Crippen LogP contribution in [0.1, 0.15) is 258 Å². The Morgan fingerprint density at radius 2 is 0.358 bits per heavy atom. The summed E-state index contributed by atoms with van der Waals surface area (Å²) >= 11 is 0. The molecule has 2 heteroatoms. The molecule has 0 amide bonds. The first-order valence-corrected chi connectivity index (χ1v) is 41.0. The van der Waals surface area contributed by atoms with Gasteiger partial charge in [-0.25, -0.2) is 4.79 Å². The quantitative estimate of drug-likeness (QED) is 0.165. The third-order valence-corrected chi connectivity index (χ3v) is 13.3. The number of hydrogen-bond acceptors (Lipinski definition) is 2. The molecule has 2 nitrogen and oxygen atoms in total. The van der Waals surface area contributed by atoms with Crippen LogP contribution in [0, 0.1) is 0 Å². The lowest BCUT2D eigenvalue weighted by molar-refractivity contribution is 0.0251. The van der Waals surface area contributed by atoms with Gasteiger partial charge in [0.1, 0.15) is 0 Å². The van der Waals surface area contributed by atoms with Crippen LogP contribution in [-0.2, 0) is 21.2 Å². The Morgan fingerprint density at radius 3 is 0.569 bits per heavy atom. The molecule has 1 aliphatic carbocycles. The molecule has 0 bridgehead atoms. The second kappa shape index (κ2) is 94.2. The Balaban J connectivity index is -0.000000148. The van der Waals surface area contributed by atoms with Crippen LogP contribution in [0.25, 0.3) is 0 Å². The van der Waals surface area contributed by atoms with Gasteiger partial charge in [-0.1, -0.05) is 596 Å². The van der Waals surface area contributed by atoms with Gasteiger partial charge in [-0.15, -0.1) is 0 Å². The lowest BCUT2D eigenvalue weighted by Gasteiger charge is -2.30. The molecule has 0 saturated heterocycles. The van der Waals surface area contributed by atoms with Crippen molar-refractivity contribution in [2.75, 3.05) is 0 Å². The van der Waals surface area contributed by atoms with Gasteiger partial charge >= 0.3 is 5.97 Å². The van der Waals surface area contributed by atoms with E-state index < -0.39 is 5.60 Å². The van der Waals surface area contributed by atoms with Crippen molar-refractivity contribution in [2.45, 2.75) is 231 Å². The Morgan fingerprint density at radius 1 is 0.202 bits per heavy atom. The van der Waals surface area contributed by atoms with Crippen LogP contribution in [-0.4, -0.2) is 5.97 Å². The van der Waals surface area contributed by atoms with E-state index in [2.05, 4.69) is 75.4 Å². The van der Waals surface area contributed by atoms with Gasteiger partial charge in [-0.05, 0) is 34.6 Å².